The lowest BCUT2D eigenvalue weighted by atomic mass is 10.2. The summed E-state index contributed by atoms with van der Waals surface area (Å²) in [6.45, 7) is 1.68. The first-order valence-corrected chi connectivity index (χ1v) is 8.64. The molecule has 28 heavy (non-hydrogen) atoms. The predicted octanol–water partition coefficient (Wildman–Crippen LogP) is 3.00. The number of carbonyl (C=O) groups excluding carboxylic acids is 2. The Balaban J connectivity index is 1.37. The van der Waals surface area contributed by atoms with E-state index in [9.17, 15) is 9.59 Å². The summed E-state index contributed by atoms with van der Waals surface area (Å²) in [5.74, 6) is -0.170. The maximum atomic E-state index is 11.8. The Morgan fingerprint density at radius 2 is 1.79 bits per heavy atom. The summed E-state index contributed by atoms with van der Waals surface area (Å²) in [5, 5.41) is 9.98. The van der Waals surface area contributed by atoms with E-state index in [-0.39, 0.29) is 24.9 Å². The second-order valence-corrected chi connectivity index (χ2v) is 5.90. The molecule has 0 saturated carbocycles. The Morgan fingerprint density at radius 3 is 2.54 bits per heavy atom. The lowest BCUT2D eigenvalue weighted by Gasteiger charge is -2.07. The third kappa shape index (κ3) is 5.66. The quantitative estimate of drug-likeness (QED) is 0.598. The van der Waals surface area contributed by atoms with Crippen LogP contribution in [0.4, 0.5) is 6.01 Å². The van der Waals surface area contributed by atoms with Gasteiger partial charge < -0.3 is 13.9 Å². The second-order valence-electron chi connectivity index (χ2n) is 5.90. The molecule has 3 rings (SSSR count). The Bertz CT molecular complexity index is 923. The monoisotopic (exact) mass is 381 g/mol. The van der Waals surface area contributed by atoms with Crippen molar-refractivity contribution in [1.82, 2.24) is 10.2 Å². The van der Waals surface area contributed by atoms with Gasteiger partial charge in [-0.2, -0.15) is 0 Å². The predicted molar refractivity (Wildman–Crippen MR) is 101 cm³/mol. The highest BCUT2D eigenvalue weighted by atomic mass is 16.5. The zero-order chi connectivity index (χ0) is 19.8. The molecule has 0 radical (unpaired) electrons. The van der Waals surface area contributed by atoms with Gasteiger partial charge in [0.15, 0.2) is 6.61 Å². The van der Waals surface area contributed by atoms with E-state index in [4.69, 9.17) is 13.9 Å². The lowest BCUT2D eigenvalue weighted by Crippen LogP contribution is -2.21. The number of benzene rings is 2. The number of anilines is 1. The van der Waals surface area contributed by atoms with E-state index in [0.29, 0.717) is 5.75 Å². The minimum Gasteiger partial charge on any atom is -0.493 e. The first-order chi connectivity index (χ1) is 13.6. The van der Waals surface area contributed by atoms with Crippen LogP contribution >= 0.6 is 0 Å². The molecule has 0 spiro atoms. The molecule has 1 amide bonds. The van der Waals surface area contributed by atoms with E-state index in [1.165, 1.54) is 0 Å². The van der Waals surface area contributed by atoms with Crippen LogP contribution in [0.3, 0.4) is 0 Å². The third-order valence-corrected chi connectivity index (χ3v) is 3.65. The normalized spacial score (nSPS) is 10.3. The van der Waals surface area contributed by atoms with E-state index in [1.54, 1.807) is 12.1 Å². The fourth-order valence-corrected chi connectivity index (χ4v) is 2.23. The summed E-state index contributed by atoms with van der Waals surface area (Å²) in [6.07, 6.45) is 0.0276. The highest BCUT2D eigenvalue weighted by molar-refractivity contribution is 5.90. The average molecular weight is 381 g/mol. The number of ether oxygens (including phenoxy) is 2. The highest BCUT2D eigenvalue weighted by Gasteiger charge is 2.13. The molecular formula is C20H19N3O5. The molecule has 2 aromatic carbocycles. The largest absolute Gasteiger partial charge is 0.493 e. The van der Waals surface area contributed by atoms with Gasteiger partial charge in [-0.25, -0.2) is 0 Å². The number of hydrogen-bond donors (Lipinski definition) is 1. The number of carbonyl (C=O) groups is 2. The first kappa shape index (κ1) is 19.1. The van der Waals surface area contributed by atoms with Crippen LogP contribution in [-0.4, -0.2) is 35.3 Å². The zero-order valence-electron chi connectivity index (χ0n) is 15.3. The van der Waals surface area contributed by atoms with Crippen molar-refractivity contribution in [3.8, 4) is 17.2 Å². The van der Waals surface area contributed by atoms with Crippen molar-refractivity contribution in [1.29, 1.82) is 0 Å². The maximum Gasteiger partial charge on any atom is 0.322 e. The van der Waals surface area contributed by atoms with Crippen molar-refractivity contribution in [3.63, 3.8) is 0 Å². The molecule has 3 aromatic rings. The van der Waals surface area contributed by atoms with Gasteiger partial charge in [0.25, 0.3) is 5.91 Å². The molecule has 1 heterocycles. The molecule has 0 saturated heterocycles. The minimum atomic E-state index is -0.573. The van der Waals surface area contributed by atoms with Crippen LogP contribution in [0.1, 0.15) is 12.0 Å². The smallest absolute Gasteiger partial charge is 0.322 e. The number of amides is 1. The van der Waals surface area contributed by atoms with Crippen LogP contribution < -0.4 is 10.1 Å². The van der Waals surface area contributed by atoms with Crippen LogP contribution in [0.15, 0.2) is 59.0 Å². The summed E-state index contributed by atoms with van der Waals surface area (Å²) in [6, 6.07) is 16.5. The van der Waals surface area contributed by atoms with Gasteiger partial charge in [-0.3, -0.25) is 14.9 Å². The fraction of sp³-hybridized carbons (Fsp3) is 0.200. The molecule has 1 N–H and O–H groups in total. The van der Waals surface area contributed by atoms with Crippen LogP contribution in [0, 0.1) is 6.92 Å². The van der Waals surface area contributed by atoms with E-state index >= 15 is 0 Å². The standard InChI is InChI=1S/C20H19N3O5/c1-14-7-9-16(10-8-14)26-12-11-18(25)27-13-17(24)21-20-23-22-19(28-20)15-5-3-2-4-6-15/h2-10H,11-13H2,1H3,(H,21,23,24). The van der Waals surface area contributed by atoms with Crippen LogP contribution in [0.25, 0.3) is 11.5 Å². The number of nitrogens with zero attached hydrogens (tertiary/aromatic N) is 2. The Labute approximate surface area is 161 Å². The molecule has 0 aliphatic carbocycles. The molecule has 1 aromatic heterocycles. The maximum absolute atomic E-state index is 11.8. The van der Waals surface area contributed by atoms with Crippen molar-refractivity contribution in [2.75, 3.05) is 18.5 Å². The van der Waals surface area contributed by atoms with Crippen LogP contribution in [0.2, 0.25) is 0 Å². The van der Waals surface area contributed by atoms with Crippen molar-refractivity contribution in [2.45, 2.75) is 13.3 Å². The Hall–Kier alpha value is -3.68. The van der Waals surface area contributed by atoms with Gasteiger partial charge in [0.2, 0.25) is 5.89 Å². The van der Waals surface area contributed by atoms with Crippen molar-refractivity contribution in [2.24, 2.45) is 0 Å². The molecule has 0 aliphatic rings. The molecule has 0 atom stereocenters. The van der Waals surface area contributed by atoms with E-state index < -0.39 is 18.5 Å². The summed E-state index contributed by atoms with van der Waals surface area (Å²) >= 11 is 0. The Kier molecular flexibility index (Phi) is 6.35. The van der Waals surface area contributed by atoms with Crippen molar-refractivity contribution >= 4 is 17.9 Å². The molecule has 0 bridgehead atoms. The SMILES string of the molecule is Cc1ccc(OCCC(=O)OCC(=O)Nc2nnc(-c3ccccc3)o2)cc1. The highest BCUT2D eigenvalue weighted by Crippen LogP contribution is 2.18. The molecule has 8 nitrogen and oxygen atoms in total. The zero-order valence-corrected chi connectivity index (χ0v) is 15.3. The van der Waals surface area contributed by atoms with Gasteiger partial charge >= 0.3 is 12.0 Å². The van der Waals surface area contributed by atoms with Gasteiger partial charge in [0.05, 0.1) is 13.0 Å². The van der Waals surface area contributed by atoms with E-state index in [1.807, 2.05) is 49.4 Å². The molecule has 0 fully saturated rings. The molecule has 8 heteroatoms. The number of esters is 1. The average Bonchev–Trinajstić information content (AvgIpc) is 3.17. The van der Waals surface area contributed by atoms with Crippen molar-refractivity contribution in [3.05, 3.63) is 60.2 Å². The van der Waals surface area contributed by atoms with Gasteiger partial charge in [-0.15, -0.1) is 5.10 Å². The van der Waals surface area contributed by atoms with E-state index in [2.05, 4.69) is 15.5 Å². The molecule has 0 unspecified atom stereocenters. The summed E-state index contributed by atoms with van der Waals surface area (Å²) < 4.78 is 15.7. The number of aromatic nitrogens is 2. The van der Waals surface area contributed by atoms with Gasteiger partial charge in [0, 0.05) is 5.56 Å². The first-order valence-electron chi connectivity index (χ1n) is 8.64. The second kappa shape index (κ2) is 9.31. The number of aryl methyl sites for hydroxylation is 1. The molecule has 0 aliphatic heterocycles. The Morgan fingerprint density at radius 1 is 1.04 bits per heavy atom. The minimum absolute atomic E-state index is 0.0276. The number of hydrogen-bond acceptors (Lipinski definition) is 7. The third-order valence-electron chi connectivity index (χ3n) is 3.65. The van der Waals surface area contributed by atoms with Crippen LogP contribution in [-0.2, 0) is 14.3 Å². The summed E-state index contributed by atoms with van der Waals surface area (Å²) in [4.78, 5) is 23.5. The number of rotatable bonds is 8. The fourth-order valence-electron chi connectivity index (χ4n) is 2.23. The van der Waals surface area contributed by atoms with Gasteiger partial charge in [0.1, 0.15) is 5.75 Å². The van der Waals surface area contributed by atoms with Gasteiger partial charge in [-0.05, 0) is 31.2 Å². The van der Waals surface area contributed by atoms with E-state index in [0.717, 1.165) is 11.1 Å². The lowest BCUT2D eigenvalue weighted by molar-refractivity contribution is -0.147. The number of nitrogens with one attached hydrogen (secondary N) is 1. The molecule has 144 valence electrons. The topological polar surface area (TPSA) is 104 Å². The van der Waals surface area contributed by atoms with Crippen molar-refractivity contribution < 1.29 is 23.5 Å². The van der Waals surface area contributed by atoms with Gasteiger partial charge in [-0.1, -0.05) is 41.0 Å². The summed E-state index contributed by atoms with van der Waals surface area (Å²) in [7, 11) is 0. The van der Waals surface area contributed by atoms with Crippen LogP contribution in [0.5, 0.6) is 5.75 Å². The molecular weight excluding hydrogens is 362 g/mol. The summed E-state index contributed by atoms with van der Waals surface area (Å²) in [5.41, 5.74) is 1.85.